The van der Waals surface area contributed by atoms with Gasteiger partial charge in [0.1, 0.15) is 4.90 Å². The van der Waals surface area contributed by atoms with E-state index in [-0.39, 0.29) is 22.8 Å². The molecule has 1 aromatic carbocycles. The standard InChI is InChI=1S/C11H14N4O4S/c1-8(6-12)7-14(2)20(18,19)11-4-3-9(15(16)17)5-10(11)13/h3-5,8H,7,13H2,1-2H3. The first-order chi connectivity index (χ1) is 9.20. The number of anilines is 1. The van der Waals surface area contributed by atoms with Crippen molar-refractivity contribution in [3.05, 3.63) is 28.3 Å². The fourth-order valence-electron chi connectivity index (χ4n) is 1.58. The summed E-state index contributed by atoms with van der Waals surface area (Å²) in [6.45, 7) is 1.60. The number of nitro benzene ring substituents is 1. The molecule has 0 aliphatic heterocycles. The molecule has 0 bridgehead atoms. The average molecular weight is 298 g/mol. The molecular formula is C11H14N4O4S. The van der Waals surface area contributed by atoms with E-state index in [1.54, 1.807) is 6.92 Å². The molecule has 108 valence electrons. The maximum absolute atomic E-state index is 12.3. The number of hydrogen-bond donors (Lipinski definition) is 1. The molecule has 0 heterocycles. The zero-order valence-corrected chi connectivity index (χ0v) is 11.8. The van der Waals surface area contributed by atoms with Crippen LogP contribution in [0.25, 0.3) is 0 Å². The normalized spacial score (nSPS) is 12.9. The second-order valence-electron chi connectivity index (χ2n) is 4.29. The van der Waals surface area contributed by atoms with E-state index in [2.05, 4.69) is 0 Å². The number of nitrogens with two attached hydrogens (primary N) is 1. The van der Waals surface area contributed by atoms with Gasteiger partial charge in [-0.2, -0.15) is 9.57 Å². The molecule has 0 aliphatic carbocycles. The van der Waals surface area contributed by atoms with Gasteiger partial charge in [0.25, 0.3) is 5.69 Å². The number of non-ortho nitro benzene ring substituents is 1. The third-order valence-electron chi connectivity index (χ3n) is 2.64. The van der Waals surface area contributed by atoms with Gasteiger partial charge in [-0.15, -0.1) is 0 Å². The minimum absolute atomic E-state index is 0.00919. The Morgan fingerprint density at radius 3 is 2.60 bits per heavy atom. The Labute approximate surface area is 116 Å². The number of sulfonamides is 1. The Kier molecular flexibility index (Phi) is 4.65. The van der Waals surface area contributed by atoms with Crippen molar-refractivity contribution >= 4 is 21.4 Å². The molecule has 0 saturated heterocycles. The molecular weight excluding hydrogens is 284 g/mol. The van der Waals surface area contributed by atoms with Crippen molar-refractivity contribution in [1.82, 2.24) is 4.31 Å². The van der Waals surface area contributed by atoms with Crippen LogP contribution in [-0.2, 0) is 10.0 Å². The zero-order valence-electron chi connectivity index (χ0n) is 11.0. The minimum Gasteiger partial charge on any atom is -0.397 e. The van der Waals surface area contributed by atoms with Crippen LogP contribution in [0.3, 0.4) is 0 Å². The van der Waals surface area contributed by atoms with Gasteiger partial charge in [-0.25, -0.2) is 8.42 Å². The molecule has 0 saturated carbocycles. The van der Waals surface area contributed by atoms with Crippen molar-refractivity contribution in [2.45, 2.75) is 11.8 Å². The molecule has 0 amide bonds. The van der Waals surface area contributed by atoms with E-state index >= 15 is 0 Å². The van der Waals surface area contributed by atoms with Gasteiger partial charge >= 0.3 is 0 Å². The predicted molar refractivity (Wildman–Crippen MR) is 72.1 cm³/mol. The fraction of sp³-hybridized carbons (Fsp3) is 0.364. The monoisotopic (exact) mass is 298 g/mol. The van der Waals surface area contributed by atoms with Crippen molar-refractivity contribution in [3.63, 3.8) is 0 Å². The van der Waals surface area contributed by atoms with Crippen LogP contribution >= 0.6 is 0 Å². The van der Waals surface area contributed by atoms with Crippen LogP contribution in [0.15, 0.2) is 23.1 Å². The summed E-state index contributed by atoms with van der Waals surface area (Å²) in [7, 11) is -2.56. The number of nitriles is 1. The highest BCUT2D eigenvalue weighted by atomic mass is 32.2. The van der Waals surface area contributed by atoms with E-state index in [9.17, 15) is 18.5 Å². The number of nitro groups is 1. The summed E-state index contributed by atoms with van der Waals surface area (Å²) in [6, 6.07) is 5.09. The minimum atomic E-state index is -3.88. The number of hydrogen-bond acceptors (Lipinski definition) is 6. The van der Waals surface area contributed by atoms with Gasteiger partial charge in [0, 0.05) is 25.7 Å². The molecule has 1 unspecified atom stereocenters. The molecule has 8 nitrogen and oxygen atoms in total. The summed E-state index contributed by atoms with van der Waals surface area (Å²) in [6.07, 6.45) is 0. The predicted octanol–water partition coefficient (Wildman–Crippen LogP) is 0.957. The Morgan fingerprint density at radius 2 is 2.15 bits per heavy atom. The van der Waals surface area contributed by atoms with Gasteiger partial charge in [0.15, 0.2) is 0 Å². The maximum atomic E-state index is 12.3. The molecule has 0 spiro atoms. The zero-order chi connectivity index (χ0) is 15.5. The van der Waals surface area contributed by atoms with Crippen molar-refractivity contribution < 1.29 is 13.3 Å². The molecule has 2 N–H and O–H groups in total. The van der Waals surface area contributed by atoms with Crippen molar-refractivity contribution in [3.8, 4) is 6.07 Å². The summed E-state index contributed by atoms with van der Waals surface area (Å²) in [4.78, 5) is 9.72. The third kappa shape index (κ3) is 3.23. The summed E-state index contributed by atoms with van der Waals surface area (Å²) in [5, 5.41) is 19.3. The molecule has 0 fully saturated rings. The summed E-state index contributed by atoms with van der Waals surface area (Å²) >= 11 is 0. The van der Waals surface area contributed by atoms with Crippen LogP contribution in [0.1, 0.15) is 6.92 Å². The van der Waals surface area contributed by atoms with Crippen LogP contribution in [0.4, 0.5) is 11.4 Å². The van der Waals surface area contributed by atoms with Crippen molar-refractivity contribution in [1.29, 1.82) is 5.26 Å². The summed E-state index contributed by atoms with van der Waals surface area (Å²) in [5.74, 6) is -0.478. The van der Waals surface area contributed by atoms with Gasteiger partial charge < -0.3 is 5.73 Å². The Bertz CT molecular complexity index is 665. The van der Waals surface area contributed by atoms with E-state index < -0.39 is 20.9 Å². The van der Waals surface area contributed by atoms with E-state index in [1.807, 2.05) is 6.07 Å². The topological polar surface area (TPSA) is 130 Å². The van der Waals surface area contributed by atoms with Crippen molar-refractivity contribution in [2.75, 3.05) is 19.3 Å². The SMILES string of the molecule is CC(C#N)CN(C)S(=O)(=O)c1ccc([N+](=O)[O-])cc1N. The molecule has 1 rings (SSSR count). The average Bonchev–Trinajstić information content (AvgIpc) is 2.37. The lowest BCUT2D eigenvalue weighted by molar-refractivity contribution is -0.384. The molecule has 0 aromatic heterocycles. The van der Waals surface area contributed by atoms with E-state index in [1.165, 1.54) is 7.05 Å². The largest absolute Gasteiger partial charge is 0.397 e. The van der Waals surface area contributed by atoms with Gasteiger partial charge in [0.05, 0.1) is 22.6 Å². The van der Waals surface area contributed by atoms with Crippen LogP contribution in [0, 0.1) is 27.4 Å². The van der Waals surface area contributed by atoms with Crippen LogP contribution < -0.4 is 5.73 Å². The molecule has 1 atom stereocenters. The lowest BCUT2D eigenvalue weighted by Crippen LogP contribution is -2.31. The van der Waals surface area contributed by atoms with Crippen LogP contribution in [-0.4, -0.2) is 31.2 Å². The van der Waals surface area contributed by atoms with E-state index in [0.29, 0.717) is 0 Å². The first-order valence-corrected chi connectivity index (χ1v) is 7.04. The fourth-order valence-corrected chi connectivity index (χ4v) is 2.93. The molecule has 0 aliphatic rings. The Morgan fingerprint density at radius 1 is 1.55 bits per heavy atom. The molecule has 1 aromatic rings. The van der Waals surface area contributed by atoms with Crippen LogP contribution in [0.5, 0.6) is 0 Å². The molecule has 20 heavy (non-hydrogen) atoms. The van der Waals surface area contributed by atoms with E-state index in [0.717, 1.165) is 22.5 Å². The number of rotatable bonds is 5. The number of nitrogen functional groups attached to an aromatic ring is 1. The second-order valence-corrected chi connectivity index (χ2v) is 6.31. The van der Waals surface area contributed by atoms with Crippen LogP contribution in [0.2, 0.25) is 0 Å². The number of nitrogens with zero attached hydrogens (tertiary/aromatic N) is 3. The first-order valence-electron chi connectivity index (χ1n) is 5.60. The smallest absolute Gasteiger partial charge is 0.271 e. The number of benzene rings is 1. The highest BCUT2D eigenvalue weighted by Crippen LogP contribution is 2.26. The van der Waals surface area contributed by atoms with Gasteiger partial charge in [-0.05, 0) is 13.0 Å². The quantitative estimate of drug-likeness (QED) is 0.489. The second kappa shape index (κ2) is 5.85. The summed E-state index contributed by atoms with van der Waals surface area (Å²) < 4.78 is 25.5. The molecule has 0 radical (unpaired) electrons. The van der Waals surface area contributed by atoms with E-state index in [4.69, 9.17) is 11.0 Å². The Balaban J connectivity index is 3.17. The van der Waals surface area contributed by atoms with Gasteiger partial charge in [-0.3, -0.25) is 10.1 Å². The molecule has 9 heteroatoms. The maximum Gasteiger partial charge on any atom is 0.271 e. The van der Waals surface area contributed by atoms with Gasteiger partial charge in [-0.1, -0.05) is 0 Å². The Hall–Kier alpha value is -2.18. The lowest BCUT2D eigenvalue weighted by atomic mass is 10.2. The van der Waals surface area contributed by atoms with Crippen molar-refractivity contribution in [2.24, 2.45) is 5.92 Å². The lowest BCUT2D eigenvalue weighted by Gasteiger charge is -2.19. The first kappa shape index (κ1) is 15.9. The highest BCUT2D eigenvalue weighted by molar-refractivity contribution is 7.89. The third-order valence-corrected chi connectivity index (χ3v) is 4.54. The highest BCUT2D eigenvalue weighted by Gasteiger charge is 2.25. The summed E-state index contributed by atoms with van der Waals surface area (Å²) in [5.41, 5.74) is 5.09. The van der Waals surface area contributed by atoms with Gasteiger partial charge in [0.2, 0.25) is 10.0 Å².